The molecule has 1 aliphatic carbocycles. The Labute approximate surface area is 319 Å². The lowest BCUT2D eigenvalue weighted by Gasteiger charge is -2.29. The van der Waals surface area contributed by atoms with Crippen LogP contribution in [0.2, 0.25) is 5.02 Å². The first-order valence-electron chi connectivity index (χ1n) is 17.5. The van der Waals surface area contributed by atoms with Gasteiger partial charge >= 0.3 is 0 Å². The summed E-state index contributed by atoms with van der Waals surface area (Å²) < 4.78 is 19.8. The molecule has 15 heteroatoms. The van der Waals surface area contributed by atoms with E-state index in [-0.39, 0.29) is 35.7 Å². The Hall–Kier alpha value is -5.91. The van der Waals surface area contributed by atoms with E-state index in [1.54, 1.807) is 54.1 Å². The molecular weight excluding hydrogens is 726 g/mol. The zero-order valence-corrected chi connectivity index (χ0v) is 31.2. The molecule has 0 unspecified atom stereocenters. The van der Waals surface area contributed by atoms with Gasteiger partial charge in [0.25, 0.3) is 5.91 Å². The summed E-state index contributed by atoms with van der Waals surface area (Å²) in [7, 11) is 0. The van der Waals surface area contributed by atoms with Crippen molar-refractivity contribution in [2.45, 2.75) is 71.1 Å². The van der Waals surface area contributed by atoms with Crippen LogP contribution in [0, 0.1) is 32.1 Å². The summed E-state index contributed by atoms with van der Waals surface area (Å²) in [4.78, 5) is 23.8. The first kappa shape index (κ1) is 35.1. The van der Waals surface area contributed by atoms with Gasteiger partial charge in [0.2, 0.25) is 5.88 Å². The first-order chi connectivity index (χ1) is 26.2. The maximum atomic E-state index is 13.0. The molecule has 1 fully saturated rings. The van der Waals surface area contributed by atoms with Crippen molar-refractivity contribution in [2.24, 2.45) is 4.99 Å². The topological polar surface area (TPSA) is 166 Å². The third-order valence-corrected chi connectivity index (χ3v) is 11.2. The highest BCUT2D eigenvalue weighted by atomic mass is 35.5. The molecule has 6 aromatic rings. The second-order valence-corrected chi connectivity index (χ2v) is 14.8. The Morgan fingerprint density at radius 2 is 1.81 bits per heavy atom. The Balaban J connectivity index is 0.920. The van der Waals surface area contributed by atoms with Gasteiger partial charge in [-0.2, -0.15) is 5.26 Å². The summed E-state index contributed by atoms with van der Waals surface area (Å²) in [6.07, 6.45) is 6.68. The van der Waals surface area contributed by atoms with Crippen LogP contribution in [-0.4, -0.2) is 53.7 Å². The van der Waals surface area contributed by atoms with Crippen LogP contribution >= 0.6 is 22.9 Å². The van der Waals surface area contributed by atoms with Crippen molar-refractivity contribution in [1.29, 1.82) is 5.26 Å². The lowest BCUT2D eigenvalue weighted by molar-refractivity contribution is 0.0888. The van der Waals surface area contributed by atoms with Gasteiger partial charge in [-0.05, 0) is 94.5 Å². The SMILES string of the molecule is Cc1sc2c(c1C)C(c1ccc(Oc3ccc(C(=O)NC4CCC(Oc5ccc(C#N)c(Cl)c5)CC4)nn3)cc1)=N[C@@H](Cc1ncco1)c1nnc(C)n1-2. The molecule has 1 atom stereocenters. The van der Waals surface area contributed by atoms with Crippen LogP contribution in [0.1, 0.15) is 86.9 Å². The fraction of sp³-hybridized carbons (Fsp3) is 0.282. The largest absolute Gasteiger partial charge is 0.490 e. The normalized spacial score (nSPS) is 17.8. The van der Waals surface area contributed by atoms with Gasteiger partial charge < -0.3 is 19.2 Å². The number of hydrogen-bond donors (Lipinski definition) is 1. The monoisotopic (exact) mass is 759 g/mol. The third kappa shape index (κ3) is 7.07. The number of carbonyl (C=O) groups is 1. The predicted octanol–water partition coefficient (Wildman–Crippen LogP) is 7.60. The molecule has 1 N–H and O–H groups in total. The van der Waals surface area contributed by atoms with E-state index in [0.717, 1.165) is 64.7 Å². The number of nitriles is 1. The first-order valence-corrected chi connectivity index (χ1v) is 18.7. The van der Waals surface area contributed by atoms with Gasteiger partial charge in [0.15, 0.2) is 17.4 Å². The maximum absolute atomic E-state index is 13.0. The number of aliphatic imine (C=N–C) groups is 1. The van der Waals surface area contributed by atoms with Crippen LogP contribution in [0.4, 0.5) is 0 Å². The van der Waals surface area contributed by atoms with E-state index < -0.39 is 0 Å². The number of thiophene rings is 1. The molecule has 13 nitrogen and oxygen atoms in total. The summed E-state index contributed by atoms with van der Waals surface area (Å²) in [5.41, 5.74) is 4.56. The fourth-order valence-corrected chi connectivity index (χ4v) is 8.20. The molecule has 1 amide bonds. The molecule has 272 valence electrons. The number of oxazole rings is 1. The van der Waals surface area contributed by atoms with Crippen molar-refractivity contribution in [1.82, 2.24) is 35.3 Å². The number of ether oxygens (including phenoxy) is 2. The van der Waals surface area contributed by atoms with E-state index in [9.17, 15) is 4.79 Å². The zero-order valence-electron chi connectivity index (χ0n) is 29.6. The zero-order chi connectivity index (χ0) is 37.3. The smallest absolute Gasteiger partial charge is 0.272 e. The number of aryl methyl sites for hydroxylation is 2. The highest BCUT2D eigenvalue weighted by molar-refractivity contribution is 7.15. The molecule has 8 rings (SSSR count). The van der Waals surface area contributed by atoms with Gasteiger partial charge in [-0.1, -0.05) is 11.6 Å². The number of fused-ring (bicyclic) bond motifs is 3. The van der Waals surface area contributed by atoms with Crippen molar-refractivity contribution in [3.8, 4) is 28.4 Å². The Morgan fingerprint density at radius 3 is 2.52 bits per heavy atom. The van der Waals surface area contributed by atoms with Crippen LogP contribution in [0.5, 0.6) is 17.4 Å². The minimum Gasteiger partial charge on any atom is -0.490 e. The molecule has 5 heterocycles. The molecule has 0 spiro atoms. The molecule has 1 saturated carbocycles. The van der Waals surface area contributed by atoms with Crippen molar-refractivity contribution >= 4 is 34.6 Å². The number of halogens is 1. The Bertz CT molecular complexity index is 2390. The number of benzene rings is 2. The summed E-state index contributed by atoms with van der Waals surface area (Å²) in [6.45, 7) is 6.18. The number of carbonyl (C=O) groups excluding carboxylic acids is 1. The van der Waals surface area contributed by atoms with Crippen molar-refractivity contribution in [2.75, 3.05) is 0 Å². The Morgan fingerprint density at radius 1 is 1.02 bits per heavy atom. The van der Waals surface area contributed by atoms with E-state index in [4.69, 9.17) is 35.7 Å². The van der Waals surface area contributed by atoms with Gasteiger partial charge in [-0.25, -0.2) is 4.98 Å². The summed E-state index contributed by atoms with van der Waals surface area (Å²) in [6, 6.07) is 17.7. The lowest BCUT2D eigenvalue weighted by atomic mass is 9.93. The second-order valence-electron chi connectivity index (χ2n) is 13.2. The minimum atomic E-state index is -0.370. The fourth-order valence-electron chi connectivity index (χ4n) is 6.78. The number of rotatable bonds is 9. The Kier molecular flexibility index (Phi) is 9.66. The standard InChI is InChI=1S/C39H34ClN9O4S/c1-21-22(2)54-39-35(21)36(44-32(19-34-42-16-17-51-34)37-48-45-23(3)49(37)39)24-4-9-28(10-5-24)53-33-15-14-31(46-47-33)38(50)43-26-7-12-27(13-8-26)52-29-11-6-25(20-41)30(40)18-29/h4-6,9-11,14-18,26-27,32H,7-8,12-13,19H2,1-3H3,(H,43,50)/t26?,27?,32-/m0/s1. The van der Waals surface area contributed by atoms with E-state index in [1.807, 2.05) is 37.3 Å². The molecule has 0 radical (unpaired) electrons. The van der Waals surface area contributed by atoms with Crippen molar-refractivity contribution < 1.29 is 18.7 Å². The van der Waals surface area contributed by atoms with Gasteiger partial charge in [-0.3, -0.25) is 14.4 Å². The van der Waals surface area contributed by atoms with Crippen molar-refractivity contribution in [3.05, 3.63) is 122 Å². The molecule has 2 aliphatic rings. The van der Waals surface area contributed by atoms with Gasteiger partial charge in [-0.15, -0.1) is 31.7 Å². The van der Waals surface area contributed by atoms with E-state index in [2.05, 4.69) is 49.1 Å². The molecule has 0 bridgehead atoms. The number of hydrogen-bond acceptors (Lipinski definition) is 12. The maximum Gasteiger partial charge on any atom is 0.272 e. The van der Waals surface area contributed by atoms with Crippen LogP contribution < -0.4 is 14.8 Å². The van der Waals surface area contributed by atoms with Gasteiger partial charge in [0, 0.05) is 34.2 Å². The molecule has 54 heavy (non-hydrogen) atoms. The molecule has 1 aliphatic heterocycles. The molecule has 4 aromatic heterocycles. The van der Waals surface area contributed by atoms with Crippen LogP contribution in [0.15, 0.2) is 76.5 Å². The van der Waals surface area contributed by atoms with Crippen LogP contribution in [0.25, 0.3) is 5.00 Å². The van der Waals surface area contributed by atoms with Crippen LogP contribution in [-0.2, 0) is 6.42 Å². The highest BCUT2D eigenvalue weighted by Gasteiger charge is 2.32. The lowest BCUT2D eigenvalue weighted by Crippen LogP contribution is -2.40. The summed E-state index contributed by atoms with van der Waals surface area (Å²) >= 11 is 7.84. The average molecular weight is 760 g/mol. The third-order valence-electron chi connectivity index (χ3n) is 9.69. The van der Waals surface area contributed by atoms with Gasteiger partial charge in [0.05, 0.1) is 35.0 Å². The number of amides is 1. The number of aromatic nitrogens is 6. The van der Waals surface area contributed by atoms with Gasteiger partial charge in [0.1, 0.15) is 40.7 Å². The van der Waals surface area contributed by atoms with Crippen molar-refractivity contribution in [3.63, 3.8) is 0 Å². The van der Waals surface area contributed by atoms with E-state index in [0.29, 0.717) is 34.4 Å². The highest BCUT2D eigenvalue weighted by Crippen LogP contribution is 2.40. The average Bonchev–Trinajstić information content (AvgIpc) is 3.88. The molecular formula is C39H34ClN9O4S. The predicted molar refractivity (Wildman–Crippen MR) is 201 cm³/mol. The molecule has 0 saturated heterocycles. The van der Waals surface area contributed by atoms with E-state index in [1.165, 1.54) is 4.88 Å². The van der Waals surface area contributed by atoms with E-state index >= 15 is 0 Å². The quantitative estimate of drug-likeness (QED) is 0.155. The minimum absolute atomic E-state index is 0.00251. The summed E-state index contributed by atoms with van der Waals surface area (Å²) in [5, 5.41) is 30.8. The van der Waals surface area contributed by atoms with Crippen LogP contribution in [0.3, 0.4) is 0 Å². The number of nitrogens with one attached hydrogen (secondary N) is 1. The second kappa shape index (κ2) is 14.8. The summed E-state index contributed by atoms with van der Waals surface area (Å²) in [5.74, 6) is 3.26. The molecule has 2 aromatic carbocycles. The number of nitrogens with zero attached hydrogens (tertiary/aromatic N) is 8.